The van der Waals surface area contributed by atoms with E-state index in [0.717, 1.165) is 17.9 Å². The minimum Gasteiger partial charge on any atom is -0.480 e. The lowest BCUT2D eigenvalue weighted by atomic mass is 10.1. The molecule has 22 heavy (non-hydrogen) atoms. The SMILES string of the molecule is COc1ncccc1C(=O)NC[C@@H](C)Cn1nc(C)cc1C. The number of carbonyl (C=O) groups is 1. The molecule has 0 unspecified atom stereocenters. The van der Waals surface area contributed by atoms with Crippen molar-refractivity contribution < 1.29 is 9.53 Å². The van der Waals surface area contributed by atoms with Crippen LogP contribution in [0, 0.1) is 19.8 Å². The lowest BCUT2D eigenvalue weighted by Gasteiger charge is -2.14. The third-order valence-electron chi connectivity index (χ3n) is 3.41. The Morgan fingerprint density at radius 3 is 2.86 bits per heavy atom. The number of methoxy groups -OCH3 is 1. The standard InChI is InChI=1S/C16H22N4O2/c1-11(10-20-13(3)8-12(2)19-20)9-18-15(21)14-6-5-7-17-16(14)22-4/h5-8,11H,9-10H2,1-4H3,(H,18,21)/t11-/m1/s1. The van der Waals surface area contributed by atoms with E-state index in [0.29, 0.717) is 18.0 Å². The third kappa shape index (κ3) is 3.84. The van der Waals surface area contributed by atoms with Crippen LogP contribution in [-0.4, -0.2) is 34.3 Å². The van der Waals surface area contributed by atoms with E-state index in [4.69, 9.17) is 4.74 Å². The van der Waals surface area contributed by atoms with Gasteiger partial charge in [-0.3, -0.25) is 9.48 Å². The van der Waals surface area contributed by atoms with Gasteiger partial charge in [-0.25, -0.2) is 4.98 Å². The summed E-state index contributed by atoms with van der Waals surface area (Å²) in [4.78, 5) is 16.2. The minimum absolute atomic E-state index is 0.176. The number of carbonyl (C=O) groups excluding carboxylic acids is 1. The highest BCUT2D eigenvalue weighted by Crippen LogP contribution is 2.13. The summed E-state index contributed by atoms with van der Waals surface area (Å²) in [5.41, 5.74) is 2.58. The van der Waals surface area contributed by atoms with E-state index in [2.05, 4.69) is 22.3 Å². The van der Waals surface area contributed by atoms with Crippen molar-refractivity contribution in [1.29, 1.82) is 0 Å². The molecule has 2 heterocycles. The van der Waals surface area contributed by atoms with Crippen molar-refractivity contribution in [3.8, 4) is 5.88 Å². The first-order valence-electron chi connectivity index (χ1n) is 7.29. The number of aromatic nitrogens is 3. The van der Waals surface area contributed by atoms with Crippen molar-refractivity contribution in [1.82, 2.24) is 20.1 Å². The fourth-order valence-electron chi connectivity index (χ4n) is 2.31. The Morgan fingerprint density at radius 2 is 2.23 bits per heavy atom. The highest BCUT2D eigenvalue weighted by molar-refractivity contribution is 5.96. The van der Waals surface area contributed by atoms with Crippen LogP contribution < -0.4 is 10.1 Å². The number of ether oxygens (including phenoxy) is 1. The van der Waals surface area contributed by atoms with Crippen LogP contribution in [0.5, 0.6) is 5.88 Å². The molecule has 0 aliphatic heterocycles. The molecule has 1 atom stereocenters. The van der Waals surface area contributed by atoms with Gasteiger partial charge in [0.1, 0.15) is 5.56 Å². The molecule has 0 saturated heterocycles. The molecule has 0 radical (unpaired) electrons. The summed E-state index contributed by atoms with van der Waals surface area (Å²) in [6.45, 7) is 7.42. The fraction of sp³-hybridized carbons (Fsp3) is 0.438. The minimum atomic E-state index is -0.176. The van der Waals surface area contributed by atoms with Gasteiger partial charge in [0.15, 0.2) is 0 Å². The molecule has 2 aromatic heterocycles. The summed E-state index contributed by atoms with van der Waals surface area (Å²) in [5, 5.41) is 7.36. The molecule has 0 aliphatic carbocycles. The Hall–Kier alpha value is -2.37. The quantitative estimate of drug-likeness (QED) is 0.886. The van der Waals surface area contributed by atoms with Crippen molar-refractivity contribution in [2.24, 2.45) is 5.92 Å². The molecule has 2 aromatic rings. The van der Waals surface area contributed by atoms with Crippen LogP contribution in [0.1, 0.15) is 28.7 Å². The molecule has 6 heteroatoms. The van der Waals surface area contributed by atoms with Gasteiger partial charge in [-0.2, -0.15) is 5.10 Å². The van der Waals surface area contributed by atoms with Crippen LogP contribution >= 0.6 is 0 Å². The van der Waals surface area contributed by atoms with Crippen LogP contribution in [0.2, 0.25) is 0 Å². The average Bonchev–Trinajstić information content (AvgIpc) is 2.82. The van der Waals surface area contributed by atoms with E-state index >= 15 is 0 Å². The molecule has 0 saturated carbocycles. The molecule has 0 aliphatic rings. The van der Waals surface area contributed by atoms with Gasteiger partial charge in [-0.1, -0.05) is 6.92 Å². The fourth-order valence-corrected chi connectivity index (χ4v) is 2.31. The lowest BCUT2D eigenvalue weighted by Crippen LogP contribution is -2.30. The van der Waals surface area contributed by atoms with E-state index in [1.165, 1.54) is 7.11 Å². The second-order valence-corrected chi connectivity index (χ2v) is 5.48. The van der Waals surface area contributed by atoms with Gasteiger partial charge in [-0.15, -0.1) is 0 Å². The first-order valence-corrected chi connectivity index (χ1v) is 7.29. The number of aryl methyl sites for hydroxylation is 2. The lowest BCUT2D eigenvalue weighted by molar-refractivity contribution is 0.0942. The Morgan fingerprint density at radius 1 is 1.45 bits per heavy atom. The van der Waals surface area contributed by atoms with Crippen LogP contribution in [0.3, 0.4) is 0 Å². The first-order chi connectivity index (χ1) is 10.5. The second-order valence-electron chi connectivity index (χ2n) is 5.48. The zero-order chi connectivity index (χ0) is 16.1. The van der Waals surface area contributed by atoms with Crippen molar-refractivity contribution in [3.63, 3.8) is 0 Å². The second kappa shape index (κ2) is 7.06. The van der Waals surface area contributed by atoms with Gasteiger partial charge in [0, 0.05) is 25.0 Å². The highest BCUT2D eigenvalue weighted by Gasteiger charge is 2.14. The Bertz CT molecular complexity index is 651. The predicted octanol–water partition coefficient (Wildman–Crippen LogP) is 1.97. The van der Waals surface area contributed by atoms with E-state index in [-0.39, 0.29) is 11.8 Å². The molecule has 0 bridgehead atoms. The maximum absolute atomic E-state index is 12.2. The molecule has 0 spiro atoms. The average molecular weight is 302 g/mol. The molecular formula is C16H22N4O2. The summed E-state index contributed by atoms with van der Waals surface area (Å²) in [6, 6.07) is 5.47. The monoisotopic (exact) mass is 302 g/mol. The van der Waals surface area contributed by atoms with Crippen molar-refractivity contribution in [2.75, 3.05) is 13.7 Å². The number of nitrogens with one attached hydrogen (secondary N) is 1. The molecule has 0 fully saturated rings. The van der Waals surface area contributed by atoms with E-state index in [9.17, 15) is 4.79 Å². The van der Waals surface area contributed by atoms with Gasteiger partial charge >= 0.3 is 0 Å². The summed E-state index contributed by atoms with van der Waals surface area (Å²) >= 11 is 0. The predicted molar refractivity (Wildman–Crippen MR) is 84.0 cm³/mol. The Kier molecular flexibility index (Phi) is 5.14. The maximum Gasteiger partial charge on any atom is 0.256 e. The van der Waals surface area contributed by atoms with Crippen LogP contribution in [0.4, 0.5) is 0 Å². The van der Waals surface area contributed by atoms with Crippen molar-refractivity contribution in [3.05, 3.63) is 41.3 Å². The normalized spacial score (nSPS) is 12.0. The summed E-state index contributed by atoms with van der Waals surface area (Å²) in [7, 11) is 1.50. The molecule has 0 aromatic carbocycles. The largest absolute Gasteiger partial charge is 0.480 e. The first kappa shape index (κ1) is 16.0. The number of hydrogen-bond acceptors (Lipinski definition) is 4. The van der Waals surface area contributed by atoms with Crippen molar-refractivity contribution >= 4 is 5.91 Å². The summed E-state index contributed by atoms with van der Waals surface area (Å²) in [5.74, 6) is 0.431. The number of rotatable bonds is 6. The molecule has 2 rings (SSSR count). The van der Waals surface area contributed by atoms with Crippen LogP contribution in [0.15, 0.2) is 24.4 Å². The van der Waals surface area contributed by atoms with Crippen LogP contribution in [-0.2, 0) is 6.54 Å². The highest BCUT2D eigenvalue weighted by atomic mass is 16.5. The third-order valence-corrected chi connectivity index (χ3v) is 3.41. The Labute approximate surface area is 130 Å². The number of hydrogen-bond donors (Lipinski definition) is 1. The van der Waals surface area contributed by atoms with E-state index < -0.39 is 0 Å². The number of nitrogens with zero attached hydrogens (tertiary/aromatic N) is 3. The number of pyridine rings is 1. The van der Waals surface area contributed by atoms with Gasteiger partial charge < -0.3 is 10.1 Å². The van der Waals surface area contributed by atoms with E-state index in [1.807, 2.05) is 24.6 Å². The van der Waals surface area contributed by atoms with Gasteiger partial charge in [0.05, 0.1) is 12.8 Å². The molecule has 6 nitrogen and oxygen atoms in total. The zero-order valence-electron chi connectivity index (χ0n) is 13.5. The molecule has 1 amide bonds. The molecule has 1 N–H and O–H groups in total. The van der Waals surface area contributed by atoms with Gasteiger partial charge in [0.25, 0.3) is 5.91 Å². The Balaban J connectivity index is 1.92. The zero-order valence-corrected chi connectivity index (χ0v) is 13.5. The maximum atomic E-state index is 12.2. The summed E-state index contributed by atoms with van der Waals surface area (Å²) in [6.07, 6.45) is 1.60. The topological polar surface area (TPSA) is 69.0 Å². The van der Waals surface area contributed by atoms with Crippen molar-refractivity contribution in [2.45, 2.75) is 27.3 Å². The van der Waals surface area contributed by atoms with Gasteiger partial charge in [-0.05, 0) is 38.0 Å². The molecule has 118 valence electrons. The van der Waals surface area contributed by atoms with Crippen LogP contribution in [0.25, 0.3) is 0 Å². The number of amides is 1. The molecular weight excluding hydrogens is 280 g/mol. The van der Waals surface area contributed by atoms with E-state index in [1.54, 1.807) is 18.3 Å². The smallest absolute Gasteiger partial charge is 0.256 e. The summed E-state index contributed by atoms with van der Waals surface area (Å²) < 4.78 is 7.07. The van der Waals surface area contributed by atoms with Gasteiger partial charge in [0.2, 0.25) is 5.88 Å².